The number of benzene rings is 1. The maximum atomic E-state index is 13.3. The molecule has 0 aromatic heterocycles. The topological polar surface area (TPSA) is 52.0 Å². The summed E-state index contributed by atoms with van der Waals surface area (Å²) in [5.41, 5.74) is 9.33. The van der Waals surface area contributed by atoms with Crippen LogP contribution in [0.2, 0.25) is 0 Å². The van der Waals surface area contributed by atoms with E-state index < -0.39 is 0 Å². The Labute approximate surface area is 81.6 Å². The highest BCUT2D eigenvalue weighted by Gasteiger charge is 2.08. The zero-order valence-electron chi connectivity index (χ0n) is 8.11. The highest BCUT2D eigenvalue weighted by molar-refractivity contribution is 5.53. The quantitative estimate of drug-likeness (QED) is 0.414. The molecule has 14 heavy (non-hydrogen) atoms. The number of hydrogen-bond acceptors (Lipinski definition) is 2. The largest absolute Gasteiger partial charge is 0.377 e. The van der Waals surface area contributed by atoms with Crippen molar-refractivity contribution in [1.29, 1.82) is 0 Å². The van der Waals surface area contributed by atoms with Crippen molar-refractivity contribution in [2.45, 2.75) is 6.54 Å². The molecule has 0 unspecified atom stereocenters. The second kappa shape index (κ2) is 4.48. The third kappa shape index (κ3) is 2.14. The summed E-state index contributed by atoms with van der Waals surface area (Å²) in [6.45, 7) is 0.0384. The first-order valence-corrected chi connectivity index (χ1v) is 4.12. The smallest absolute Gasteiger partial charge is 0.128 e. The molecule has 1 aromatic rings. The summed E-state index contributed by atoms with van der Waals surface area (Å²) in [4.78, 5) is 4.40. The summed E-state index contributed by atoms with van der Waals surface area (Å²) >= 11 is 0. The number of nitrogens with zero attached hydrogens (tertiary/aromatic N) is 4. The second-order valence-electron chi connectivity index (χ2n) is 3.02. The standard InChI is InChI=1S/C9H11FN4/c1-14(2)9-5-3-4-8(10)7(9)6-12-13-11/h3-5H,6H2,1-2H3. The van der Waals surface area contributed by atoms with E-state index in [4.69, 9.17) is 5.53 Å². The Kier molecular flexibility index (Phi) is 3.31. The lowest BCUT2D eigenvalue weighted by Gasteiger charge is -2.16. The van der Waals surface area contributed by atoms with E-state index in [2.05, 4.69) is 10.0 Å². The van der Waals surface area contributed by atoms with Gasteiger partial charge in [0.05, 0.1) is 6.54 Å². The van der Waals surface area contributed by atoms with E-state index in [0.717, 1.165) is 5.69 Å². The molecule has 0 atom stereocenters. The molecule has 4 nitrogen and oxygen atoms in total. The fourth-order valence-electron chi connectivity index (χ4n) is 1.23. The lowest BCUT2D eigenvalue weighted by atomic mass is 10.1. The third-order valence-corrected chi connectivity index (χ3v) is 1.87. The molecule has 1 rings (SSSR count). The van der Waals surface area contributed by atoms with Gasteiger partial charge in [0.15, 0.2) is 0 Å². The van der Waals surface area contributed by atoms with Crippen LogP contribution in [0.3, 0.4) is 0 Å². The summed E-state index contributed by atoms with van der Waals surface area (Å²) < 4.78 is 13.3. The Bertz CT molecular complexity index is 369. The van der Waals surface area contributed by atoms with Crippen molar-refractivity contribution in [3.8, 4) is 0 Å². The number of halogens is 1. The molecule has 0 saturated carbocycles. The Morgan fingerprint density at radius 1 is 1.50 bits per heavy atom. The van der Waals surface area contributed by atoms with Crippen molar-refractivity contribution in [1.82, 2.24) is 0 Å². The van der Waals surface area contributed by atoms with Crippen LogP contribution >= 0.6 is 0 Å². The van der Waals surface area contributed by atoms with E-state index in [1.54, 1.807) is 17.0 Å². The highest BCUT2D eigenvalue weighted by Crippen LogP contribution is 2.22. The van der Waals surface area contributed by atoms with Crippen LogP contribution in [0.25, 0.3) is 10.4 Å². The van der Waals surface area contributed by atoms with Crippen LogP contribution in [0, 0.1) is 5.82 Å². The summed E-state index contributed by atoms with van der Waals surface area (Å²) in [5.74, 6) is -0.344. The number of hydrogen-bond donors (Lipinski definition) is 0. The summed E-state index contributed by atoms with van der Waals surface area (Å²) in [7, 11) is 3.63. The lowest BCUT2D eigenvalue weighted by molar-refractivity contribution is 0.610. The first-order chi connectivity index (χ1) is 6.66. The average Bonchev–Trinajstić information content (AvgIpc) is 2.15. The molecule has 0 bridgehead atoms. The van der Waals surface area contributed by atoms with Gasteiger partial charge >= 0.3 is 0 Å². The van der Waals surface area contributed by atoms with Gasteiger partial charge in [0.2, 0.25) is 0 Å². The molecule has 0 spiro atoms. The van der Waals surface area contributed by atoms with Gasteiger partial charge in [-0.05, 0) is 17.7 Å². The SMILES string of the molecule is CN(C)c1cccc(F)c1CN=[N+]=[N-]. The van der Waals surface area contributed by atoms with Crippen molar-refractivity contribution in [3.63, 3.8) is 0 Å². The van der Waals surface area contributed by atoms with Gasteiger partial charge in [-0.3, -0.25) is 0 Å². The van der Waals surface area contributed by atoms with E-state index in [0.29, 0.717) is 5.56 Å². The van der Waals surface area contributed by atoms with Gasteiger partial charge in [-0.15, -0.1) is 0 Å². The average molecular weight is 194 g/mol. The molecule has 0 radical (unpaired) electrons. The van der Waals surface area contributed by atoms with E-state index in [-0.39, 0.29) is 12.4 Å². The predicted octanol–water partition coefficient (Wildman–Crippen LogP) is 2.70. The molecule has 1 aromatic carbocycles. The Hall–Kier alpha value is -1.74. The monoisotopic (exact) mass is 194 g/mol. The van der Waals surface area contributed by atoms with Crippen LogP contribution in [0.1, 0.15) is 5.56 Å². The minimum atomic E-state index is -0.344. The van der Waals surface area contributed by atoms with Crippen LogP contribution in [-0.2, 0) is 6.54 Å². The summed E-state index contributed by atoms with van der Waals surface area (Å²) in [6.07, 6.45) is 0. The molecule has 0 amide bonds. The van der Waals surface area contributed by atoms with Crippen molar-refractivity contribution >= 4 is 5.69 Å². The molecule has 74 valence electrons. The normalized spacial score (nSPS) is 9.36. The first kappa shape index (κ1) is 10.3. The van der Waals surface area contributed by atoms with Gasteiger partial charge in [-0.2, -0.15) is 0 Å². The van der Waals surface area contributed by atoms with Crippen molar-refractivity contribution in [3.05, 3.63) is 40.0 Å². The van der Waals surface area contributed by atoms with E-state index in [1.165, 1.54) is 6.07 Å². The Balaban J connectivity index is 3.14. The predicted molar refractivity (Wildman–Crippen MR) is 53.6 cm³/mol. The van der Waals surface area contributed by atoms with Crippen LogP contribution in [0.4, 0.5) is 10.1 Å². The van der Waals surface area contributed by atoms with Crippen molar-refractivity contribution in [2.24, 2.45) is 5.11 Å². The Morgan fingerprint density at radius 2 is 2.21 bits per heavy atom. The van der Waals surface area contributed by atoms with Crippen LogP contribution in [-0.4, -0.2) is 14.1 Å². The molecule has 0 heterocycles. The lowest BCUT2D eigenvalue weighted by Crippen LogP contribution is -2.11. The molecule has 0 saturated heterocycles. The molecule has 0 aliphatic carbocycles. The minimum absolute atomic E-state index is 0.0384. The molecule has 0 aliphatic heterocycles. The maximum Gasteiger partial charge on any atom is 0.128 e. The summed E-state index contributed by atoms with van der Waals surface area (Å²) in [6, 6.07) is 4.77. The van der Waals surface area contributed by atoms with Gasteiger partial charge in [-0.1, -0.05) is 11.2 Å². The minimum Gasteiger partial charge on any atom is -0.377 e. The van der Waals surface area contributed by atoms with Gasteiger partial charge < -0.3 is 4.90 Å². The zero-order chi connectivity index (χ0) is 10.6. The fourth-order valence-corrected chi connectivity index (χ4v) is 1.23. The fraction of sp³-hybridized carbons (Fsp3) is 0.333. The Morgan fingerprint density at radius 3 is 2.79 bits per heavy atom. The molecule has 0 fully saturated rings. The second-order valence-corrected chi connectivity index (χ2v) is 3.02. The number of azide groups is 1. The number of rotatable bonds is 3. The van der Waals surface area contributed by atoms with Crippen LogP contribution < -0.4 is 4.90 Å². The molecule has 5 heteroatoms. The first-order valence-electron chi connectivity index (χ1n) is 4.12. The number of anilines is 1. The van der Waals surface area contributed by atoms with Gasteiger partial charge in [0.1, 0.15) is 5.82 Å². The molecule has 0 aliphatic rings. The van der Waals surface area contributed by atoms with Crippen LogP contribution in [0.5, 0.6) is 0 Å². The molecule has 0 N–H and O–H groups in total. The van der Waals surface area contributed by atoms with Gasteiger partial charge in [0.25, 0.3) is 0 Å². The zero-order valence-corrected chi connectivity index (χ0v) is 8.11. The van der Waals surface area contributed by atoms with E-state index >= 15 is 0 Å². The molecular weight excluding hydrogens is 183 g/mol. The van der Waals surface area contributed by atoms with Crippen molar-refractivity contribution in [2.75, 3.05) is 19.0 Å². The molecular formula is C9H11FN4. The van der Waals surface area contributed by atoms with E-state index in [9.17, 15) is 4.39 Å². The maximum absolute atomic E-state index is 13.3. The van der Waals surface area contributed by atoms with E-state index in [1.807, 2.05) is 14.1 Å². The van der Waals surface area contributed by atoms with Crippen LogP contribution in [0.15, 0.2) is 23.3 Å². The highest BCUT2D eigenvalue weighted by atomic mass is 19.1. The summed E-state index contributed by atoms with van der Waals surface area (Å²) in [5, 5.41) is 3.36. The van der Waals surface area contributed by atoms with Crippen molar-refractivity contribution < 1.29 is 4.39 Å². The third-order valence-electron chi connectivity index (χ3n) is 1.87. The van der Waals surface area contributed by atoms with Gasteiger partial charge in [-0.25, -0.2) is 4.39 Å². The van der Waals surface area contributed by atoms with Gasteiger partial charge in [0, 0.05) is 30.3 Å².